The van der Waals surface area contributed by atoms with Crippen LogP contribution in [0.15, 0.2) is 405 Å². The molecule has 0 bridgehead atoms. The van der Waals surface area contributed by atoms with Crippen LogP contribution in [0.25, 0.3) is 238 Å². The van der Waals surface area contributed by atoms with Crippen molar-refractivity contribution in [2.75, 3.05) is 0 Å². The van der Waals surface area contributed by atoms with E-state index in [2.05, 4.69) is 421 Å². The second-order valence-corrected chi connectivity index (χ2v) is 40.8. The van der Waals surface area contributed by atoms with Crippen LogP contribution in [0.5, 0.6) is 0 Å². The summed E-state index contributed by atoms with van der Waals surface area (Å²) in [6, 6.07) is 140. The number of hydrogen-bond acceptors (Lipinski definition) is 9. The monoisotopic (exact) mass is 1730 g/mol. The summed E-state index contributed by atoms with van der Waals surface area (Å²) >= 11 is 9.36. The van der Waals surface area contributed by atoms with Crippen molar-refractivity contribution in [3.05, 3.63) is 417 Å². The third-order valence-electron chi connectivity index (χ3n) is 27.2. The van der Waals surface area contributed by atoms with Crippen LogP contribution >= 0.6 is 57.1 Å². The molecular formula is C120H76N4S5. The summed E-state index contributed by atoms with van der Waals surface area (Å²) in [4.78, 5) is 23.7. The Morgan fingerprint density at radius 1 is 0.217 bits per heavy atom. The number of thioether (sulfide) groups is 1. The third-order valence-corrected chi connectivity index (χ3v) is 33.3. The van der Waals surface area contributed by atoms with Gasteiger partial charge in [-0.15, -0.1) is 57.1 Å². The molecule has 9 heteroatoms. The Morgan fingerprint density at radius 2 is 0.566 bits per heavy atom. The molecule has 0 amide bonds. The van der Waals surface area contributed by atoms with E-state index in [0.717, 1.165) is 123 Å². The van der Waals surface area contributed by atoms with Gasteiger partial charge in [-0.1, -0.05) is 276 Å². The minimum Gasteiger partial charge on any atom is -0.228 e. The number of fused-ring (bicyclic) bond motifs is 18. The number of allylic oxidation sites excluding steroid dienone is 3. The largest absolute Gasteiger partial charge is 0.228 e. The molecule has 7 heterocycles. The van der Waals surface area contributed by atoms with E-state index in [-0.39, 0.29) is 10.8 Å². The van der Waals surface area contributed by atoms with Crippen LogP contribution in [0.3, 0.4) is 0 Å². The molecule has 6 aromatic heterocycles. The summed E-state index contributed by atoms with van der Waals surface area (Å²) < 4.78 is 10.2. The van der Waals surface area contributed by atoms with Crippen LogP contribution in [0.1, 0.15) is 37.5 Å². The number of nitrogens with zero attached hydrogens (tertiary/aromatic N) is 4. The van der Waals surface area contributed by atoms with E-state index in [1.54, 1.807) is 0 Å². The van der Waals surface area contributed by atoms with Crippen LogP contribution in [0, 0.1) is 0 Å². The SMILES string of the molecule is CC1(C)c2ccccc2-c2ccc(-c3ccc(-c4cc(-c5ccc(-c6ccc7c(c6)sc6ccc(-c8cccc(-c9cc(-c%10ccccc%10)nc(-c%10cc(-c%11ccc%12c(c%11)C%11(C)C=CC=CC%11S%12)cc(-c%11ccc%12sc%13ccccc%13c%12c%11)c%10)n9)c8)cc67)cc5)nc(-c5cc(-c6ccc7sc8ccccc8c7c6)cc(-c6ccc7sc8ccccc8c7c6)c5)n4)cc3)cc21. The van der Waals surface area contributed by atoms with Crippen molar-refractivity contribution in [1.29, 1.82) is 0 Å². The van der Waals surface area contributed by atoms with E-state index < -0.39 is 0 Å². The van der Waals surface area contributed by atoms with E-state index in [4.69, 9.17) is 19.9 Å². The van der Waals surface area contributed by atoms with Gasteiger partial charge in [0.2, 0.25) is 0 Å². The highest BCUT2D eigenvalue weighted by molar-refractivity contribution is 8.00. The molecule has 2 atom stereocenters. The van der Waals surface area contributed by atoms with Gasteiger partial charge in [0.1, 0.15) is 0 Å². The van der Waals surface area contributed by atoms with Crippen LogP contribution in [0.2, 0.25) is 0 Å². The van der Waals surface area contributed by atoms with Crippen LogP contribution in [0.4, 0.5) is 0 Å². The molecule has 26 rings (SSSR count). The van der Waals surface area contributed by atoms with E-state index in [9.17, 15) is 0 Å². The van der Waals surface area contributed by atoms with Crippen LogP contribution < -0.4 is 0 Å². The van der Waals surface area contributed by atoms with Crippen LogP contribution in [-0.2, 0) is 10.8 Å². The summed E-state index contributed by atoms with van der Waals surface area (Å²) in [6.45, 7) is 7.09. The number of hydrogen-bond donors (Lipinski definition) is 0. The average molecular weight is 1730 g/mol. The Bertz CT molecular complexity index is 8590. The van der Waals surface area contributed by atoms with Gasteiger partial charge in [0.05, 0.1) is 22.8 Å². The van der Waals surface area contributed by atoms with Crippen molar-refractivity contribution >= 4 is 138 Å². The van der Waals surface area contributed by atoms with Gasteiger partial charge >= 0.3 is 0 Å². The number of benzene rings is 17. The smallest absolute Gasteiger partial charge is 0.160 e. The van der Waals surface area contributed by atoms with E-state index in [1.165, 1.54) is 125 Å². The first-order valence-corrected chi connectivity index (χ1v) is 48.1. The topological polar surface area (TPSA) is 51.6 Å². The standard InChI is InChI=1S/C120H76N4S5/c1-119(2)100-26-11-7-22-90(100)91-46-39-80(65-101(91)119)70-31-35-73(36-32-70)104-68-105(123-117(122-104)88-57-84(77-42-49-110-96(62-77)92-23-8-12-27-107(92)125-110)55-85(58-88)78-43-50-111-97(63-78)93-24-9-13-28-108(93)126-111)74-37-33-71(34-38-74)82-40-47-95-99-61-76(41-48-113(99)128-115(95)67-82)75-20-17-21-83(54-75)106-69-103(72-18-5-4-6-19-72)121-118(124-106)89-59-86(79-44-51-112-98(64-79)94-25-10-14-29-109(94)127-112)56-87(60-89)81-45-52-114-102(66-81)120(3)53-16-15-30-116(120)129-114/h4-69,116H,1-3H3. The number of aromatic nitrogens is 4. The molecule has 2 unspecified atom stereocenters. The molecular weight excluding hydrogens is 1660 g/mol. The van der Waals surface area contributed by atoms with E-state index >= 15 is 0 Å². The van der Waals surface area contributed by atoms with Gasteiger partial charge in [-0.3, -0.25) is 0 Å². The summed E-state index contributed by atoms with van der Waals surface area (Å²) in [5.74, 6) is 1.33. The Labute approximate surface area is 766 Å². The molecule has 606 valence electrons. The highest BCUT2D eigenvalue weighted by Crippen LogP contribution is 2.55. The van der Waals surface area contributed by atoms with E-state index in [1.807, 2.05) is 57.1 Å². The molecule has 23 aromatic rings. The summed E-state index contributed by atoms with van der Waals surface area (Å²) in [5, 5.41) is 10.4. The molecule has 4 nitrogen and oxygen atoms in total. The maximum absolute atomic E-state index is 5.65. The zero-order chi connectivity index (χ0) is 85.3. The van der Waals surface area contributed by atoms with Crippen molar-refractivity contribution in [1.82, 2.24) is 19.9 Å². The first kappa shape index (κ1) is 75.9. The quantitative estimate of drug-likeness (QED) is 0.115. The molecule has 1 aliphatic heterocycles. The zero-order valence-electron chi connectivity index (χ0n) is 70.5. The second kappa shape index (κ2) is 29.9. The fourth-order valence-electron chi connectivity index (χ4n) is 20.3. The Balaban J connectivity index is 0.548. The lowest BCUT2D eigenvalue weighted by Crippen LogP contribution is -2.28. The molecule has 2 aliphatic carbocycles. The molecule has 0 saturated carbocycles. The Hall–Kier alpha value is -14.4. The highest BCUT2D eigenvalue weighted by atomic mass is 32.2. The Morgan fingerprint density at radius 3 is 1.11 bits per heavy atom. The fraction of sp³-hybridized carbons (Fsp3) is 0.0500. The maximum Gasteiger partial charge on any atom is 0.160 e. The highest BCUT2D eigenvalue weighted by Gasteiger charge is 2.42. The van der Waals surface area contributed by atoms with E-state index in [0.29, 0.717) is 16.9 Å². The van der Waals surface area contributed by atoms with Crippen molar-refractivity contribution in [2.45, 2.75) is 41.7 Å². The number of thiophene rings is 4. The molecule has 0 radical (unpaired) electrons. The lowest BCUT2D eigenvalue weighted by molar-refractivity contribution is 0.620. The first-order valence-electron chi connectivity index (χ1n) is 44.0. The lowest BCUT2D eigenvalue weighted by Gasteiger charge is -2.28. The summed E-state index contributed by atoms with van der Waals surface area (Å²) in [6.07, 6.45) is 9.15. The molecule has 17 aromatic carbocycles. The number of rotatable bonds is 13. The normalized spacial score (nSPS) is 14.9. The van der Waals surface area contributed by atoms with Gasteiger partial charge in [0.15, 0.2) is 11.6 Å². The van der Waals surface area contributed by atoms with Crippen molar-refractivity contribution < 1.29 is 0 Å². The predicted octanol–water partition coefficient (Wildman–Crippen LogP) is 34.6. The molecule has 0 saturated heterocycles. The molecule has 0 N–H and O–H groups in total. The average Bonchev–Trinajstić information content (AvgIpc) is 1.53. The fourth-order valence-corrected chi connectivity index (χ4v) is 26.1. The minimum atomic E-state index is -0.109. The van der Waals surface area contributed by atoms with Gasteiger partial charge in [-0.2, -0.15) is 0 Å². The lowest BCUT2D eigenvalue weighted by atomic mass is 9.76. The maximum atomic E-state index is 5.65. The Kier molecular flexibility index (Phi) is 17.6. The van der Waals surface area contributed by atoms with Crippen molar-refractivity contribution in [3.8, 4) is 157 Å². The zero-order valence-corrected chi connectivity index (χ0v) is 74.6. The van der Waals surface area contributed by atoms with Crippen LogP contribution in [-0.4, -0.2) is 25.2 Å². The van der Waals surface area contributed by atoms with Crippen molar-refractivity contribution in [3.63, 3.8) is 0 Å². The van der Waals surface area contributed by atoms with Gasteiger partial charge in [0.25, 0.3) is 0 Å². The molecule has 129 heavy (non-hydrogen) atoms. The second-order valence-electron chi connectivity index (χ2n) is 35.3. The van der Waals surface area contributed by atoms with Gasteiger partial charge in [-0.05, 0) is 251 Å². The van der Waals surface area contributed by atoms with Gasteiger partial charge in [0, 0.05) is 135 Å². The first-order chi connectivity index (χ1) is 63.4. The molecule has 0 spiro atoms. The molecule has 3 aliphatic rings. The van der Waals surface area contributed by atoms with Gasteiger partial charge in [-0.25, -0.2) is 19.9 Å². The summed E-state index contributed by atoms with van der Waals surface area (Å²) in [5.41, 5.74) is 31.9. The third kappa shape index (κ3) is 12.9. The predicted molar refractivity (Wildman–Crippen MR) is 553 cm³/mol. The minimum absolute atomic E-state index is 0.103. The van der Waals surface area contributed by atoms with Crippen molar-refractivity contribution in [2.24, 2.45) is 0 Å². The summed E-state index contributed by atoms with van der Waals surface area (Å²) in [7, 11) is 0. The molecule has 0 fully saturated rings. The van der Waals surface area contributed by atoms with Gasteiger partial charge < -0.3 is 0 Å².